The van der Waals surface area contributed by atoms with Crippen molar-refractivity contribution in [1.82, 2.24) is 15.2 Å². The van der Waals surface area contributed by atoms with Gasteiger partial charge in [-0.2, -0.15) is 10.2 Å². The lowest BCUT2D eigenvalue weighted by Crippen LogP contribution is -2.34. The van der Waals surface area contributed by atoms with Crippen LogP contribution in [0.2, 0.25) is 0 Å². The van der Waals surface area contributed by atoms with Crippen LogP contribution < -0.4 is 11.0 Å². The summed E-state index contributed by atoms with van der Waals surface area (Å²) in [7, 11) is 1.55. The van der Waals surface area contributed by atoms with Gasteiger partial charge in [0.15, 0.2) is 5.69 Å². The van der Waals surface area contributed by atoms with Crippen molar-refractivity contribution in [2.45, 2.75) is 40.0 Å². The fourth-order valence-electron chi connectivity index (χ4n) is 4.74. The average molecular weight is 352 g/mol. The Hall–Kier alpha value is -2.50. The molecule has 0 spiro atoms. The molecular weight excluding hydrogens is 328 g/mol. The van der Waals surface area contributed by atoms with E-state index in [2.05, 4.69) is 36.4 Å². The van der Waals surface area contributed by atoms with Crippen molar-refractivity contribution in [3.8, 4) is 0 Å². The molecule has 2 aliphatic carbocycles. The molecule has 2 bridgehead atoms. The van der Waals surface area contributed by atoms with Crippen LogP contribution in [0.5, 0.6) is 0 Å². The first-order valence-electron chi connectivity index (χ1n) is 9.09. The van der Waals surface area contributed by atoms with Crippen LogP contribution >= 0.6 is 0 Å². The molecule has 0 saturated heterocycles. The number of hydrogen-bond acceptors (Lipinski definition) is 4. The third-order valence-electron chi connectivity index (χ3n) is 6.98. The van der Waals surface area contributed by atoms with Gasteiger partial charge in [0.25, 0.3) is 11.5 Å². The molecule has 4 rings (SSSR count). The molecule has 1 aromatic heterocycles. The molecule has 1 N–H and O–H groups in total. The summed E-state index contributed by atoms with van der Waals surface area (Å²) < 4.78 is 1.20. The summed E-state index contributed by atoms with van der Waals surface area (Å²) in [5.74, 6) is 0.244. The number of rotatable bonds is 2. The van der Waals surface area contributed by atoms with Crippen molar-refractivity contribution < 1.29 is 4.79 Å². The maximum atomic E-state index is 12.8. The van der Waals surface area contributed by atoms with Crippen molar-refractivity contribution in [3.63, 3.8) is 0 Å². The smallest absolute Gasteiger partial charge is 0.267 e. The first-order chi connectivity index (χ1) is 12.3. The molecule has 1 aromatic carbocycles. The third-order valence-corrected chi connectivity index (χ3v) is 6.98. The Bertz CT molecular complexity index is 1000. The van der Waals surface area contributed by atoms with Crippen molar-refractivity contribution in [2.24, 2.45) is 28.9 Å². The standard InChI is InChI=1S/C20H24N4O2/c1-19(2)12-9-10-20(19,3)15(11-12)21-22-17(25)16-13-7-5-6-8-14(13)18(26)24(4)23-16/h5-8,12H,9-11H2,1-4H3,(H,22,25)/b21-15-/t12-,20+/m0/s1. The zero-order valence-corrected chi connectivity index (χ0v) is 15.7. The Morgan fingerprint density at radius 2 is 1.96 bits per heavy atom. The first-order valence-corrected chi connectivity index (χ1v) is 9.09. The number of aromatic nitrogens is 2. The number of aryl methyl sites for hydroxylation is 1. The SMILES string of the molecule is Cn1nc(C(=O)N/N=C2/C[C@@H]3CC[C@@]2(C)C3(C)C)c2ccccc2c1=O. The van der Waals surface area contributed by atoms with E-state index < -0.39 is 0 Å². The minimum Gasteiger partial charge on any atom is -0.267 e. The fourth-order valence-corrected chi connectivity index (χ4v) is 4.74. The van der Waals surface area contributed by atoms with Crippen LogP contribution in [-0.4, -0.2) is 21.4 Å². The molecule has 2 atom stereocenters. The molecule has 1 heterocycles. The fraction of sp³-hybridized carbons (Fsp3) is 0.500. The number of carbonyl (C=O) groups is 1. The Kier molecular flexibility index (Phi) is 3.58. The van der Waals surface area contributed by atoms with Crippen LogP contribution in [0.1, 0.15) is 50.5 Å². The van der Waals surface area contributed by atoms with Crippen LogP contribution in [0.25, 0.3) is 10.8 Å². The van der Waals surface area contributed by atoms with Gasteiger partial charge in [0.05, 0.1) is 5.39 Å². The number of benzene rings is 1. The molecule has 1 amide bonds. The van der Waals surface area contributed by atoms with Crippen molar-refractivity contribution in [3.05, 3.63) is 40.3 Å². The van der Waals surface area contributed by atoms with E-state index in [0.717, 1.165) is 18.6 Å². The topological polar surface area (TPSA) is 76.3 Å². The Morgan fingerprint density at radius 1 is 1.27 bits per heavy atom. The maximum absolute atomic E-state index is 12.8. The largest absolute Gasteiger partial charge is 0.292 e. The van der Waals surface area contributed by atoms with E-state index in [1.165, 1.54) is 11.1 Å². The summed E-state index contributed by atoms with van der Waals surface area (Å²) in [6.45, 7) is 6.86. The number of hydrogen-bond donors (Lipinski definition) is 1. The highest BCUT2D eigenvalue weighted by atomic mass is 16.2. The molecule has 6 heteroatoms. The van der Waals surface area contributed by atoms with Crippen LogP contribution in [0.15, 0.2) is 34.2 Å². The van der Waals surface area contributed by atoms with Crippen LogP contribution in [-0.2, 0) is 7.05 Å². The normalized spacial score (nSPS) is 28.0. The van der Waals surface area contributed by atoms with E-state index in [0.29, 0.717) is 16.7 Å². The minimum absolute atomic E-state index is 0.0317. The van der Waals surface area contributed by atoms with Crippen molar-refractivity contribution >= 4 is 22.4 Å². The van der Waals surface area contributed by atoms with E-state index in [4.69, 9.17) is 0 Å². The highest BCUT2D eigenvalue weighted by molar-refractivity contribution is 6.05. The Labute approximate surface area is 152 Å². The molecule has 2 aromatic rings. The highest BCUT2D eigenvalue weighted by Gasteiger charge is 2.60. The van der Waals surface area contributed by atoms with E-state index in [9.17, 15) is 9.59 Å². The van der Waals surface area contributed by atoms with Crippen LogP contribution in [0, 0.1) is 16.7 Å². The molecule has 0 unspecified atom stereocenters. The summed E-state index contributed by atoms with van der Waals surface area (Å²) in [4.78, 5) is 25.0. The molecule has 0 radical (unpaired) electrons. The summed E-state index contributed by atoms with van der Waals surface area (Å²) in [5.41, 5.74) is 4.01. The van der Waals surface area contributed by atoms with Gasteiger partial charge in [0.1, 0.15) is 0 Å². The van der Waals surface area contributed by atoms with Gasteiger partial charge in [0, 0.05) is 23.6 Å². The van der Waals surface area contributed by atoms with Crippen LogP contribution in [0.4, 0.5) is 0 Å². The summed E-state index contributed by atoms with van der Waals surface area (Å²) in [5, 5.41) is 9.69. The van der Waals surface area contributed by atoms with Crippen LogP contribution in [0.3, 0.4) is 0 Å². The van der Waals surface area contributed by atoms with Gasteiger partial charge >= 0.3 is 0 Å². The zero-order chi connectivity index (χ0) is 18.7. The number of nitrogens with one attached hydrogen (secondary N) is 1. The van der Waals surface area contributed by atoms with Crippen molar-refractivity contribution in [1.29, 1.82) is 0 Å². The minimum atomic E-state index is -0.381. The predicted molar refractivity (Wildman–Crippen MR) is 101 cm³/mol. The van der Waals surface area contributed by atoms with Crippen molar-refractivity contribution in [2.75, 3.05) is 0 Å². The third kappa shape index (κ3) is 2.17. The van der Waals surface area contributed by atoms with Gasteiger partial charge in [-0.3, -0.25) is 9.59 Å². The van der Waals surface area contributed by atoms with E-state index in [1.807, 2.05) is 0 Å². The molecule has 2 fully saturated rings. The number of hydrazone groups is 1. The second-order valence-corrected chi connectivity index (χ2v) is 8.32. The van der Waals surface area contributed by atoms with Gasteiger partial charge in [-0.1, -0.05) is 39.0 Å². The summed E-state index contributed by atoms with van der Waals surface area (Å²) >= 11 is 0. The first kappa shape index (κ1) is 16.9. The molecular formula is C20H24N4O2. The maximum Gasteiger partial charge on any atom is 0.292 e. The summed E-state index contributed by atoms with van der Waals surface area (Å²) in [6, 6.07) is 7.03. The molecule has 2 saturated carbocycles. The second-order valence-electron chi connectivity index (χ2n) is 8.32. The van der Waals surface area contributed by atoms with Gasteiger partial charge in [0.2, 0.25) is 0 Å². The zero-order valence-electron chi connectivity index (χ0n) is 15.7. The monoisotopic (exact) mass is 352 g/mol. The molecule has 6 nitrogen and oxygen atoms in total. The Balaban J connectivity index is 1.68. The molecule has 2 aliphatic rings. The number of amides is 1. The number of nitrogens with zero attached hydrogens (tertiary/aromatic N) is 3. The van der Waals surface area contributed by atoms with E-state index in [-0.39, 0.29) is 28.0 Å². The lowest BCUT2D eigenvalue weighted by atomic mass is 9.70. The number of carbonyl (C=O) groups excluding carboxylic acids is 1. The number of fused-ring (bicyclic) bond motifs is 3. The predicted octanol–water partition coefficient (Wildman–Crippen LogP) is 2.87. The lowest BCUT2D eigenvalue weighted by molar-refractivity contribution is 0.0948. The molecule has 0 aliphatic heterocycles. The second kappa shape index (κ2) is 5.50. The van der Waals surface area contributed by atoms with Gasteiger partial charge in [-0.25, -0.2) is 10.1 Å². The summed E-state index contributed by atoms with van der Waals surface area (Å²) in [6.07, 6.45) is 3.27. The lowest BCUT2D eigenvalue weighted by Gasteiger charge is -2.34. The van der Waals surface area contributed by atoms with Gasteiger partial charge < -0.3 is 0 Å². The van der Waals surface area contributed by atoms with E-state index >= 15 is 0 Å². The molecule has 26 heavy (non-hydrogen) atoms. The van der Waals surface area contributed by atoms with Gasteiger partial charge in [-0.05, 0) is 36.7 Å². The average Bonchev–Trinajstić information content (AvgIpc) is 2.96. The quantitative estimate of drug-likeness (QED) is 0.845. The Morgan fingerprint density at radius 3 is 2.58 bits per heavy atom. The van der Waals surface area contributed by atoms with E-state index in [1.54, 1.807) is 31.3 Å². The molecule has 136 valence electrons. The van der Waals surface area contributed by atoms with Gasteiger partial charge in [-0.15, -0.1) is 0 Å². The highest BCUT2D eigenvalue weighted by Crippen LogP contribution is 2.63.